The van der Waals surface area contributed by atoms with E-state index in [1.165, 1.54) is 0 Å². The van der Waals surface area contributed by atoms with E-state index in [1.54, 1.807) is 0 Å². The van der Waals surface area contributed by atoms with Gasteiger partial charge in [0, 0.05) is 32.5 Å². The number of fused-ring (bicyclic) bond motifs is 7. The topological polar surface area (TPSA) is 44.5 Å². The van der Waals surface area contributed by atoms with Crippen LogP contribution in [-0.2, 0) is 9.31 Å². The van der Waals surface area contributed by atoms with Crippen LogP contribution in [0, 0.1) is 0 Å². The quantitative estimate of drug-likeness (QED) is 0.210. The van der Waals surface area contributed by atoms with Crippen LogP contribution >= 0.6 is 0 Å². The average Bonchev–Trinajstić information content (AvgIpc) is 3.39. The number of rotatable bonds is 2. The molecule has 7 rings (SSSR count). The molecule has 5 heteroatoms. The summed E-state index contributed by atoms with van der Waals surface area (Å²) in [6, 6.07) is 29.2. The normalized spacial score (nSPS) is 17.8. The van der Waals surface area contributed by atoms with Gasteiger partial charge in [-0.3, -0.25) is 0 Å². The van der Waals surface area contributed by atoms with Gasteiger partial charge in [0.25, 0.3) is 0 Å². The van der Waals surface area contributed by atoms with Crippen molar-refractivity contribution in [2.45, 2.75) is 32.5 Å². The van der Waals surface area contributed by atoms with Gasteiger partial charge in [0.05, 0.1) is 22.9 Å². The molecule has 1 saturated heterocycles. The number of nitrogens with zero attached hydrogens (tertiary/aromatic N) is 1. The Kier molecular flexibility index (Phi) is 4.38. The van der Waals surface area contributed by atoms with Gasteiger partial charge in [0.2, 0.25) is 0 Å². The first-order chi connectivity index (χ1) is 17.0. The number of aromatic nitrogens is 1. The van der Waals surface area contributed by atoms with Crippen LogP contribution in [0.25, 0.3) is 54.9 Å². The van der Waals surface area contributed by atoms with Gasteiger partial charge in [-0.2, -0.15) is 0 Å². The van der Waals surface area contributed by atoms with Gasteiger partial charge in [-0.25, -0.2) is 4.98 Å². The predicted octanol–water partition coefficient (Wildman–Crippen LogP) is 6.86. The highest BCUT2D eigenvalue weighted by Crippen LogP contribution is 2.40. The maximum Gasteiger partial charge on any atom is 0.494 e. The third-order valence-electron chi connectivity index (χ3n) is 7.38. The molecule has 4 nitrogen and oxygen atoms in total. The zero-order chi connectivity index (χ0) is 23.7. The SMILES string of the molecule is CC1OB(c2ccc(-c3nc4ccccc4c4c3ccc3c5ccccc5oc34)cc2)OC1(C)C. The van der Waals surface area contributed by atoms with E-state index in [9.17, 15) is 0 Å². The molecule has 1 aliphatic rings. The Hall–Kier alpha value is -3.67. The first-order valence-corrected chi connectivity index (χ1v) is 12.1. The molecule has 0 saturated carbocycles. The fraction of sp³-hybridized carbons (Fsp3) is 0.167. The van der Waals surface area contributed by atoms with Crippen molar-refractivity contribution in [1.82, 2.24) is 4.98 Å². The van der Waals surface area contributed by atoms with Gasteiger partial charge in [-0.1, -0.05) is 66.7 Å². The molecule has 6 aromatic rings. The van der Waals surface area contributed by atoms with Crippen molar-refractivity contribution < 1.29 is 13.7 Å². The fourth-order valence-electron chi connectivity index (χ4n) is 5.13. The molecule has 0 spiro atoms. The van der Waals surface area contributed by atoms with Crippen molar-refractivity contribution >= 4 is 56.2 Å². The van der Waals surface area contributed by atoms with E-state index in [4.69, 9.17) is 18.7 Å². The largest absolute Gasteiger partial charge is 0.494 e. The molecule has 35 heavy (non-hydrogen) atoms. The first-order valence-electron chi connectivity index (χ1n) is 12.1. The zero-order valence-electron chi connectivity index (χ0n) is 19.9. The zero-order valence-corrected chi connectivity index (χ0v) is 19.9. The number of para-hydroxylation sites is 2. The minimum Gasteiger partial charge on any atom is -0.455 e. The lowest BCUT2D eigenvalue weighted by molar-refractivity contribution is 0.0842. The molecule has 1 fully saturated rings. The van der Waals surface area contributed by atoms with Crippen molar-refractivity contribution in [1.29, 1.82) is 0 Å². The molecule has 1 unspecified atom stereocenters. The highest BCUT2D eigenvalue weighted by molar-refractivity contribution is 6.62. The van der Waals surface area contributed by atoms with Gasteiger partial charge >= 0.3 is 7.12 Å². The van der Waals surface area contributed by atoms with Gasteiger partial charge in [-0.15, -0.1) is 0 Å². The van der Waals surface area contributed by atoms with Crippen molar-refractivity contribution in [2.24, 2.45) is 0 Å². The van der Waals surface area contributed by atoms with Crippen molar-refractivity contribution in [3.63, 3.8) is 0 Å². The summed E-state index contributed by atoms with van der Waals surface area (Å²) in [5.41, 5.74) is 5.44. The van der Waals surface area contributed by atoms with Crippen molar-refractivity contribution in [2.75, 3.05) is 0 Å². The molecule has 4 aromatic carbocycles. The Morgan fingerprint density at radius 2 is 1.49 bits per heavy atom. The second kappa shape index (κ2) is 7.41. The third kappa shape index (κ3) is 3.12. The van der Waals surface area contributed by atoms with E-state index in [1.807, 2.05) is 18.2 Å². The van der Waals surface area contributed by atoms with Crippen LogP contribution in [0.4, 0.5) is 0 Å². The highest BCUT2D eigenvalue weighted by Gasteiger charge is 2.43. The van der Waals surface area contributed by atoms with Gasteiger partial charge in [0.15, 0.2) is 0 Å². The summed E-state index contributed by atoms with van der Waals surface area (Å²) in [7, 11) is -0.356. The van der Waals surface area contributed by atoms with E-state index in [0.717, 1.165) is 60.3 Å². The lowest BCUT2D eigenvalue weighted by Gasteiger charge is -2.21. The Labute approximate surface area is 203 Å². The summed E-state index contributed by atoms with van der Waals surface area (Å²) >= 11 is 0. The molecule has 0 amide bonds. The van der Waals surface area contributed by atoms with E-state index in [2.05, 4.69) is 87.5 Å². The summed E-state index contributed by atoms with van der Waals surface area (Å²) in [5, 5.41) is 5.52. The smallest absolute Gasteiger partial charge is 0.455 e. The average molecular weight is 457 g/mol. The monoisotopic (exact) mass is 457 g/mol. The summed E-state index contributed by atoms with van der Waals surface area (Å²) in [5.74, 6) is 0. The lowest BCUT2D eigenvalue weighted by atomic mass is 9.78. The molecule has 0 radical (unpaired) electrons. The summed E-state index contributed by atoms with van der Waals surface area (Å²) < 4.78 is 18.6. The van der Waals surface area contributed by atoms with Gasteiger partial charge < -0.3 is 13.7 Å². The first kappa shape index (κ1) is 20.7. The van der Waals surface area contributed by atoms with E-state index in [-0.39, 0.29) is 18.8 Å². The van der Waals surface area contributed by atoms with Crippen LogP contribution in [-0.4, -0.2) is 23.8 Å². The summed E-state index contributed by atoms with van der Waals surface area (Å²) in [6.45, 7) is 6.18. The number of hydrogen-bond acceptors (Lipinski definition) is 4. The molecule has 1 atom stereocenters. The predicted molar refractivity (Wildman–Crippen MR) is 143 cm³/mol. The van der Waals surface area contributed by atoms with Crippen LogP contribution in [0.5, 0.6) is 0 Å². The second-order valence-electron chi connectivity index (χ2n) is 9.89. The third-order valence-corrected chi connectivity index (χ3v) is 7.38. The van der Waals surface area contributed by atoms with E-state index in [0.29, 0.717) is 0 Å². The van der Waals surface area contributed by atoms with Gasteiger partial charge in [-0.05, 0) is 44.4 Å². The van der Waals surface area contributed by atoms with Crippen LogP contribution in [0.1, 0.15) is 20.8 Å². The number of hydrogen-bond donors (Lipinski definition) is 0. The van der Waals surface area contributed by atoms with E-state index < -0.39 is 0 Å². The number of benzene rings is 4. The second-order valence-corrected chi connectivity index (χ2v) is 9.89. The molecular weight excluding hydrogens is 433 g/mol. The maximum atomic E-state index is 6.42. The van der Waals surface area contributed by atoms with E-state index >= 15 is 0 Å². The molecule has 0 N–H and O–H groups in total. The number of pyridine rings is 1. The minimum atomic E-state index is -0.356. The molecule has 2 aromatic heterocycles. The lowest BCUT2D eigenvalue weighted by Crippen LogP contribution is -2.34. The Balaban J connectivity index is 1.44. The molecule has 0 bridgehead atoms. The molecule has 1 aliphatic heterocycles. The summed E-state index contributed by atoms with van der Waals surface area (Å²) in [4.78, 5) is 5.09. The highest BCUT2D eigenvalue weighted by atomic mass is 16.7. The number of furan rings is 1. The maximum absolute atomic E-state index is 6.42. The van der Waals surface area contributed by atoms with Crippen LogP contribution < -0.4 is 5.46 Å². The van der Waals surface area contributed by atoms with Crippen LogP contribution in [0.2, 0.25) is 0 Å². The molecule has 3 heterocycles. The fourth-order valence-corrected chi connectivity index (χ4v) is 5.13. The van der Waals surface area contributed by atoms with Crippen molar-refractivity contribution in [3.8, 4) is 11.3 Å². The van der Waals surface area contributed by atoms with Crippen LogP contribution in [0.3, 0.4) is 0 Å². The molecule has 170 valence electrons. The minimum absolute atomic E-state index is 0.0319. The molecule has 0 aliphatic carbocycles. The summed E-state index contributed by atoms with van der Waals surface area (Å²) in [6.07, 6.45) is 0.0319. The Morgan fingerprint density at radius 1 is 0.771 bits per heavy atom. The Bertz CT molecular complexity index is 1750. The van der Waals surface area contributed by atoms with Crippen molar-refractivity contribution in [3.05, 3.63) is 84.9 Å². The molecular formula is C30H24BNO3. The van der Waals surface area contributed by atoms with Gasteiger partial charge in [0.1, 0.15) is 11.2 Å². The van der Waals surface area contributed by atoms with Crippen LogP contribution in [0.15, 0.2) is 89.3 Å². The standard InChI is InChI=1S/C30H24BNO3/c1-18-30(2,3)35-31(34-18)20-14-12-19(13-15-20)28-24-17-16-22-21-8-5-7-11-26(21)33-29(22)27(24)23-9-4-6-10-25(23)32-28/h4-18H,1-3H3. The Morgan fingerprint density at radius 3 is 2.26 bits per heavy atom.